The standard InChI is InChI=1S/C16H18F4N2/c1-8(2)11-5-14-9(3)12-4-10(16(18,19)20)6-21-15(12)22(14)7-13(11)17/h4,6,8,11,13H,5,7H2,1-3H3. The summed E-state index contributed by atoms with van der Waals surface area (Å²) >= 11 is 0. The molecule has 0 bridgehead atoms. The summed E-state index contributed by atoms with van der Waals surface area (Å²) in [6.45, 7) is 5.92. The lowest BCUT2D eigenvalue weighted by Crippen LogP contribution is -2.34. The first-order chi connectivity index (χ1) is 10.2. The minimum absolute atomic E-state index is 0.0994. The molecule has 3 rings (SSSR count). The second kappa shape index (κ2) is 4.96. The van der Waals surface area contributed by atoms with Crippen LogP contribution in [-0.2, 0) is 19.1 Å². The Hall–Kier alpha value is -1.59. The number of fused-ring (bicyclic) bond motifs is 3. The average Bonchev–Trinajstić information content (AvgIpc) is 2.69. The molecule has 3 heterocycles. The fourth-order valence-corrected chi connectivity index (χ4v) is 3.36. The Morgan fingerprint density at radius 3 is 2.59 bits per heavy atom. The number of aryl methyl sites for hydroxylation is 1. The summed E-state index contributed by atoms with van der Waals surface area (Å²) < 4.78 is 54.7. The van der Waals surface area contributed by atoms with Gasteiger partial charge in [0.25, 0.3) is 0 Å². The van der Waals surface area contributed by atoms with Crippen molar-refractivity contribution < 1.29 is 17.6 Å². The van der Waals surface area contributed by atoms with Crippen LogP contribution in [0.2, 0.25) is 0 Å². The quantitative estimate of drug-likeness (QED) is 0.707. The number of nitrogens with zero attached hydrogens (tertiary/aromatic N) is 2. The van der Waals surface area contributed by atoms with Crippen LogP contribution in [0.1, 0.15) is 30.7 Å². The Labute approximate surface area is 126 Å². The van der Waals surface area contributed by atoms with Crippen LogP contribution < -0.4 is 0 Å². The van der Waals surface area contributed by atoms with Crippen LogP contribution in [0.5, 0.6) is 0 Å². The zero-order valence-corrected chi connectivity index (χ0v) is 12.7. The molecule has 0 amide bonds. The molecule has 0 spiro atoms. The summed E-state index contributed by atoms with van der Waals surface area (Å²) in [7, 11) is 0. The first kappa shape index (κ1) is 15.3. The van der Waals surface area contributed by atoms with Gasteiger partial charge in [0.1, 0.15) is 11.8 Å². The van der Waals surface area contributed by atoms with Crippen molar-refractivity contribution in [1.29, 1.82) is 0 Å². The van der Waals surface area contributed by atoms with Crippen molar-refractivity contribution >= 4 is 11.0 Å². The molecule has 2 atom stereocenters. The number of rotatable bonds is 1. The second-order valence-corrected chi connectivity index (χ2v) is 6.40. The molecule has 0 saturated carbocycles. The van der Waals surface area contributed by atoms with E-state index in [1.54, 1.807) is 11.5 Å². The Morgan fingerprint density at radius 2 is 2.00 bits per heavy atom. The Kier molecular flexibility index (Phi) is 3.45. The lowest BCUT2D eigenvalue weighted by atomic mass is 9.84. The van der Waals surface area contributed by atoms with Gasteiger partial charge in [-0.15, -0.1) is 0 Å². The molecule has 1 aliphatic rings. The molecule has 2 aromatic rings. The van der Waals surface area contributed by atoms with Crippen molar-refractivity contribution in [2.24, 2.45) is 11.8 Å². The van der Waals surface area contributed by atoms with Gasteiger partial charge in [-0.05, 0) is 36.8 Å². The van der Waals surface area contributed by atoms with E-state index in [-0.39, 0.29) is 18.4 Å². The van der Waals surface area contributed by atoms with Crippen LogP contribution in [0, 0.1) is 18.8 Å². The molecule has 2 aromatic heterocycles. The van der Waals surface area contributed by atoms with Gasteiger partial charge in [-0.25, -0.2) is 9.37 Å². The van der Waals surface area contributed by atoms with Gasteiger partial charge in [0.15, 0.2) is 0 Å². The van der Waals surface area contributed by atoms with Crippen LogP contribution >= 0.6 is 0 Å². The lowest BCUT2D eigenvalue weighted by molar-refractivity contribution is -0.137. The predicted octanol–water partition coefficient (Wildman–Crippen LogP) is 4.53. The second-order valence-electron chi connectivity index (χ2n) is 6.40. The minimum atomic E-state index is -4.42. The molecule has 0 aliphatic carbocycles. The van der Waals surface area contributed by atoms with Gasteiger partial charge in [-0.2, -0.15) is 13.2 Å². The third kappa shape index (κ3) is 2.29. The number of halogens is 4. The molecule has 0 N–H and O–H groups in total. The Morgan fingerprint density at radius 1 is 1.32 bits per heavy atom. The molecule has 1 aliphatic heterocycles. The fraction of sp³-hybridized carbons (Fsp3) is 0.562. The number of alkyl halides is 4. The van der Waals surface area contributed by atoms with Crippen molar-refractivity contribution in [3.8, 4) is 0 Å². The normalized spacial score (nSPS) is 22.4. The van der Waals surface area contributed by atoms with E-state index in [4.69, 9.17) is 0 Å². The summed E-state index contributed by atoms with van der Waals surface area (Å²) in [4.78, 5) is 3.96. The number of hydrogen-bond donors (Lipinski definition) is 0. The van der Waals surface area contributed by atoms with E-state index in [0.717, 1.165) is 23.5 Å². The van der Waals surface area contributed by atoms with E-state index >= 15 is 0 Å². The molecule has 2 unspecified atom stereocenters. The zero-order valence-electron chi connectivity index (χ0n) is 12.7. The van der Waals surface area contributed by atoms with Crippen molar-refractivity contribution in [1.82, 2.24) is 9.55 Å². The van der Waals surface area contributed by atoms with Crippen molar-refractivity contribution in [3.63, 3.8) is 0 Å². The highest BCUT2D eigenvalue weighted by Crippen LogP contribution is 2.37. The average molecular weight is 314 g/mol. The maximum absolute atomic E-state index is 14.4. The van der Waals surface area contributed by atoms with Crippen LogP contribution in [-0.4, -0.2) is 15.7 Å². The van der Waals surface area contributed by atoms with E-state index in [9.17, 15) is 17.6 Å². The number of hydrogen-bond acceptors (Lipinski definition) is 1. The number of pyridine rings is 1. The summed E-state index contributed by atoms with van der Waals surface area (Å²) in [5, 5.41) is 0.474. The first-order valence-corrected chi connectivity index (χ1v) is 7.39. The zero-order chi connectivity index (χ0) is 16.2. The summed E-state index contributed by atoms with van der Waals surface area (Å²) in [5.41, 5.74) is 1.38. The van der Waals surface area contributed by atoms with Crippen molar-refractivity contribution in [2.45, 2.75) is 46.1 Å². The summed E-state index contributed by atoms with van der Waals surface area (Å²) in [5.74, 6) is 0.0949. The molecule has 0 saturated heterocycles. The molecule has 0 radical (unpaired) electrons. The summed E-state index contributed by atoms with van der Waals surface area (Å²) in [6, 6.07) is 1.13. The largest absolute Gasteiger partial charge is 0.417 e. The molecular formula is C16H18F4N2. The highest BCUT2D eigenvalue weighted by molar-refractivity contribution is 5.83. The van der Waals surface area contributed by atoms with Gasteiger partial charge in [0, 0.05) is 17.3 Å². The lowest BCUT2D eigenvalue weighted by Gasteiger charge is -2.31. The Balaban J connectivity index is 2.15. The van der Waals surface area contributed by atoms with E-state index in [1.807, 2.05) is 13.8 Å². The van der Waals surface area contributed by atoms with Crippen LogP contribution in [0.4, 0.5) is 17.6 Å². The maximum Gasteiger partial charge on any atom is 0.417 e. The highest BCUT2D eigenvalue weighted by Gasteiger charge is 2.35. The van der Waals surface area contributed by atoms with Crippen LogP contribution in [0.15, 0.2) is 12.3 Å². The van der Waals surface area contributed by atoms with Gasteiger partial charge in [0.05, 0.1) is 12.1 Å². The van der Waals surface area contributed by atoms with Gasteiger partial charge in [-0.1, -0.05) is 13.8 Å². The maximum atomic E-state index is 14.4. The molecule has 120 valence electrons. The Bertz CT molecular complexity index is 715. The van der Waals surface area contributed by atoms with E-state index in [1.165, 1.54) is 0 Å². The number of aromatic nitrogens is 2. The van der Waals surface area contributed by atoms with Crippen molar-refractivity contribution in [2.75, 3.05) is 0 Å². The van der Waals surface area contributed by atoms with Crippen molar-refractivity contribution in [3.05, 3.63) is 29.1 Å². The third-order valence-electron chi connectivity index (χ3n) is 4.72. The predicted molar refractivity (Wildman–Crippen MR) is 76.4 cm³/mol. The summed E-state index contributed by atoms with van der Waals surface area (Å²) in [6.07, 6.45) is -4.04. The van der Waals surface area contributed by atoms with Gasteiger partial charge in [-0.3, -0.25) is 0 Å². The molecule has 0 fully saturated rings. The third-order valence-corrected chi connectivity index (χ3v) is 4.72. The van der Waals surface area contributed by atoms with Gasteiger partial charge < -0.3 is 4.57 Å². The molecular weight excluding hydrogens is 296 g/mol. The SMILES string of the molecule is Cc1c2n(c3ncc(C(F)(F)F)cc13)CC(F)C(C(C)C)C2. The van der Waals surface area contributed by atoms with Gasteiger partial charge >= 0.3 is 6.18 Å². The van der Waals surface area contributed by atoms with E-state index in [0.29, 0.717) is 17.5 Å². The van der Waals surface area contributed by atoms with E-state index in [2.05, 4.69) is 4.98 Å². The van der Waals surface area contributed by atoms with Crippen LogP contribution in [0.25, 0.3) is 11.0 Å². The molecule has 22 heavy (non-hydrogen) atoms. The molecule has 0 aromatic carbocycles. The van der Waals surface area contributed by atoms with Gasteiger partial charge in [0.2, 0.25) is 0 Å². The smallest absolute Gasteiger partial charge is 0.326 e. The van der Waals surface area contributed by atoms with E-state index < -0.39 is 17.9 Å². The monoisotopic (exact) mass is 314 g/mol. The van der Waals surface area contributed by atoms with Crippen LogP contribution in [0.3, 0.4) is 0 Å². The fourth-order valence-electron chi connectivity index (χ4n) is 3.36. The molecule has 6 heteroatoms. The topological polar surface area (TPSA) is 17.8 Å². The molecule has 2 nitrogen and oxygen atoms in total. The highest BCUT2D eigenvalue weighted by atomic mass is 19.4. The minimum Gasteiger partial charge on any atom is -0.326 e. The first-order valence-electron chi connectivity index (χ1n) is 7.39.